The van der Waals surface area contributed by atoms with Crippen LogP contribution in [0.4, 0.5) is 5.69 Å². The van der Waals surface area contributed by atoms with Gasteiger partial charge >= 0.3 is 5.97 Å². The van der Waals surface area contributed by atoms with Crippen LogP contribution < -0.4 is 0 Å². The molecule has 2 unspecified atom stereocenters. The summed E-state index contributed by atoms with van der Waals surface area (Å²) in [6.07, 6.45) is 1.66. The molecule has 0 bridgehead atoms. The quantitative estimate of drug-likeness (QED) is 0.153. The molecule has 0 aliphatic carbocycles. The van der Waals surface area contributed by atoms with E-state index in [-0.39, 0.29) is 35.7 Å². The van der Waals surface area contributed by atoms with Crippen molar-refractivity contribution in [1.29, 1.82) is 0 Å². The van der Waals surface area contributed by atoms with Gasteiger partial charge in [-0.25, -0.2) is 4.79 Å². The Balaban J connectivity index is 1.95. The number of non-ortho nitro benzene ring substituents is 1. The number of nitro benzene ring substituents is 1. The Kier molecular flexibility index (Phi) is 6.58. The second-order valence-electron chi connectivity index (χ2n) is 9.40. The molecular weight excluding hydrogens is 404 g/mol. The molecule has 1 fully saturated rings. The van der Waals surface area contributed by atoms with Crippen molar-refractivity contribution in [2.75, 3.05) is 6.61 Å². The van der Waals surface area contributed by atoms with E-state index in [2.05, 4.69) is 40.4 Å². The maximum Gasteiger partial charge on any atom is 0.346 e. The Hall–Kier alpha value is -2.52. The molecule has 2 atom stereocenters. The zero-order valence-corrected chi connectivity index (χ0v) is 19.4. The molecule has 1 saturated heterocycles. The number of benzene rings is 1. The Labute approximate surface area is 178 Å². The van der Waals surface area contributed by atoms with E-state index < -0.39 is 24.5 Å². The summed E-state index contributed by atoms with van der Waals surface area (Å²) in [6.45, 7) is 16.3. The zero-order chi connectivity index (χ0) is 22.9. The molecule has 1 aromatic rings. The van der Waals surface area contributed by atoms with E-state index in [1.54, 1.807) is 13.0 Å². The van der Waals surface area contributed by atoms with Gasteiger partial charge in [0.05, 0.1) is 22.8 Å². The van der Waals surface area contributed by atoms with E-state index in [4.69, 9.17) is 9.78 Å². The Morgan fingerprint density at radius 2 is 1.90 bits per heavy atom. The monoisotopic (exact) mass is 434 g/mol. The summed E-state index contributed by atoms with van der Waals surface area (Å²) in [7, 11) is -2.08. The normalized spacial score (nSPS) is 21.7. The first-order valence-corrected chi connectivity index (χ1v) is 12.7. The highest BCUT2D eigenvalue weighted by Crippen LogP contribution is 2.49. The predicted molar refractivity (Wildman–Crippen MR) is 115 cm³/mol. The average molecular weight is 435 g/mol. The molecule has 8 nitrogen and oxygen atoms in total. The molecule has 0 N–H and O–H groups in total. The largest absolute Gasteiger partial charge is 0.361 e. The summed E-state index contributed by atoms with van der Waals surface area (Å²) in [6, 6.07) is 5.42. The van der Waals surface area contributed by atoms with Crippen LogP contribution in [0.5, 0.6) is 0 Å². The Morgan fingerprint density at radius 1 is 1.33 bits per heavy atom. The van der Waals surface area contributed by atoms with Gasteiger partial charge in [0.1, 0.15) is 6.61 Å². The van der Waals surface area contributed by atoms with Crippen LogP contribution in [0, 0.1) is 15.5 Å². The first-order valence-electron chi connectivity index (χ1n) is 9.77. The van der Waals surface area contributed by atoms with Crippen molar-refractivity contribution in [1.82, 2.24) is 4.57 Å². The first kappa shape index (κ1) is 23.8. The molecular formula is C21H30N2O6Si. The number of β-lactam (4-membered cyclic amide) rings is 1. The molecule has 2 rings (SSSR count). The van der Waals surface area contributed by atoms with Crippen LogP contribution >= 0.6 is 0 Å². The second-order valence-corrected chi connectivity index (χ2v) is 14.5. The minimum Gasteiger partial charge on any atom is -0.361 e. The van der Waals surface area contributed by atoms with Crippen molar-refractivity contribution in [3.63, 3.8) is 0 Å². The van der Waals surface area contributed by atoms with Crippen LogP contribution in [-0.2, 0) is 25.8 Å². The molecule has 1 amide bonds. The van der Waals surface area contributed by atoms with Crippen LogP contribution in [-0.4, -0.2) is 42.2 Å². The number of nitrogens with zero attached hydrogens (tertiary/aromatic N) is 2. The van der Waals surface area contributed by atoms with Crippen molar-refractivity contribution in [3.05, 3.63) is 52.6 Å². The SMILES string of the molecule is C=CC1N([Si](C)(C)C(C)(C)C)C(=O)C1(C)COOC(=O)Cc1ccc([N+](=O)[O-])cc1. The van der Waals surface area contributed by atoms with E-state index in [0.29, 0.717) is 5.56 Å². The summed E-state index contributed by atoms with van der Waals surface area (Å²) >= 11 is 0. The van der Waals surface area contributed by atoms with Gasteiger partial charge in [-0.3, -0.25) is 19.8 Å². The molecule has 1 aliphatic rings. The predicted octanol–water partition coefficient (Wildman–Crippen LogP) is 4.02. The highest BCUT2D eigenvalue weighted by molar-refractivity contribution is 6.80. The zero-order valence-electron chi connectivity index (χ0n) is 18.4. The van der Waals surface area contributed by atoms with Crippen LogP contribution in [0.3, 0.4) is 0 Å². The van der Waals surface area contributed by atoms with E-state index in [9.17, 15) is 19.7 Å². The number of carbonyl (C=O) groups excluding carboxylic acids is 2. The van der Waals surface area contributed by atoms with E-state index in [1.165, 1.54) is 24.3 Å². The molecule has 0 aromatic heterocycles. The van der Waals surface area contributed by atoms with E-state index in [1.807, 2.05) is 4.57 Å². The van der Waals surface area contributed by atoms with Crippen LogP contribution in [0.15, 0.2) is 36.9 Å². The van der Waals surface area contributed by atoms with Gasteiger partial charge in [-0.2, -0.15) is 4.89 Å². The highest BCUT2D eigenvalue weighted by Gasteiger charge is 2.63. The number of rotatable bonds is 8. The number of nitro groups is 1. The number of amides is 1. The topological polar surface area (TPSA) is 99.0 Å². The van der Waals surface area contributed by atoms with E-state index >= 15 is 0 Å². The standard InChI is InChI=1S/C21H30N2O6Si/c1-8-17-21(5,19(25)22(17)30(6,7)20(2,3)4)14-28-29-18(24)13-15-9-11-16(12-10-15)23(26)27/h8-12,17H,1,13-14H2,2-7H3. The van der Waals surface area contributed by atoms with E-state index in [0.717, 1.165) is 0 Å². The lowest BCUT2D eigenvalue weighted by Crippen LogP contribution is -2.77. The van der Waals surface area contributed by atoms with Gasteiger partial charge in [-0.05, 0) is 17.5 Å². The molecule has 0 spiro atoms. The fourth-order valence-corrected chi connectivity index (χ4v) is 5.94. The summed E-state index contributed by atoms with van der Waals surface area (Å²) in [5, 5.41) is 10.7. The summed E-state index contributed by atoms with van der Waals surface area (Å²) in [4.78, 5) is 45.2. The second kappa shape index (κ2) is 8.31. The fraction of sp³-hybridized carbons (Fsp3) is 0.524. The highest BCUT2D eigenvalue weighted by atomic mass is 28.3. The third-order valence-electron chi connectivity index (χ3n) is 6.31. The first-order chi connectivity index (χ1) is 13.8. The lowest BCUT2D eigenvalue weighted by molar-refractivity contribution is -0.384. The molecule has 0 radical (unpaired) electrons. The van der Waals surface area contributed by atoms with Gasteiger partial charge in [-0.15, -0.1) is 6.58 Å². The lowest BCUT2D eigenvalue weighted by Gasteiger charge is -2.61. The Bertz CT molecular complexity index is 846. The van der Waals surface area contributed by atoms with Crippen molar-refractivity contribution < 1.29 is 24.3 Å². The van der Waals surface area contributed by atoms with Crippen molar-refractivity contribution in [2.45, 2.75) is 58.3 Å². The maximum absolute atomic E-state index is 13.0. The van der Waals surface area contributed by atoms with Crippen LogP contribution in [0.25, 0.3) is 0 Å². The van der Waals surface area contributed by atoms with Crippen molar-refractivity contribution in [2.24, 2.45) is 5.41 Å². The molecule has 164 valence electrons. The summed E-state index contributed by atoms with van der Waals surface area (Å²) in [5.74, 6) is -0.666. The third kappa shape index (κ3) is 4.31. The van der Waals surface area contributed by atoms with Gasteiger partial charge in [0, 0.05) is 12.1 Å². The molecule has 0 saturated carbocycles. The van der Waals surface area contributed by atoms with Crippen LogP contribution in [0.1, 0.15) is 33.3 Å². The fourth-order valence-electron chi connectivity index (χ4n) is 3.37. The minimum absolute atomic E-state index is 0.0106. The van der Waals surface area contributed by atoms with Crippen molar-refractivity contribution in [3.8, 4) is 0 Å². The summed E-state index contributed by atoms with van der Waals surface area (Å²) in [5.41, 5.74) is -0.333. The average Bonchev–Trinajstić information content (AvgIpc) is 2.64. The van der Waals surface area contributed by atoms with Gasteiger partial charge in [0.25, 0.3) is 5.69 Å². The van der Waals surface area contributed by atoms with Gasteiger partial charge < -0.3 is 4.57 Å². The smallest absolute Gasteiger partial charge is 0.346 e. The molecule has 1 aliphatic heterocycles. The molecule has 9 heteroatoms. The minimum atomic E-state index is -2.08. The number of hydrogen-bond acceptors (Lipinski definition) is 6. The van der Waals surface area contributed by atoms with Gasteiger partial charge in [0.15, 0.2) is 8.24 Å². The van der Waals surface area contributed by atoms with Crippen LogP contribution in [0.2, 0.25) is 18.1 Å². The van der Waals surface area contributed by atoms with Gasteiger partial charge in [0.2, 0.25) is 5.91 Å². The number of hydrogen-bond donors (Lipinski definition) is 0. The third-order valence-corrected chi connectivity index (χ3v) is 11.7. The molecule has 30 heavy (non-hydrogen) atoms. The molecule has 1 heterocycles. The number of carbonyl (C=O) groups is 2. The maximum atomic E-state index is 13.0. The Morgan fingerprint density at radius 3 is 2.37 bits per heavy atom. The van der Waals surface area contributed by atoms with Gasteiger partial charge in [-0.1, -0.05) is 52.1 Å². The van der Waals surface area contributed by atoms with Crippen molar-refractivity contribution >= 4 is 25.8 Å². The molecule has 1 aromatic carbocycles. The summed E-state index contributed by atoms with van der Waals surface area (Å²) < 4.78 is 1.95. The lowest BCUT2D eigenvalue weighted by atomic mass is 9.75.